The van der Waals surface area contributed by atoms with Crippen molar-refractivity contribution in [3.8, 4) is 0 Å². The highest BCUT2D eigenvalue weighted by atomic mass is 79.9. The fraction of sp³-hybridized carbons (Fsp3) is 0.500. The summed E-state index contributed by atoms with van der Waals surface area (Å²) < 4.78 is 27.0. The van der Waals surface area contributed by atoms with Crippen LogP contribution in [0, 0.1) is 0 Å². The zero-order valence-electron chi connectivity index (χ0n) is 10.9. The van der Waals surface area contributed by atoms with Gasteiger partial charge in [-0.1, -0.05) is 19.9 Å². The molecule has 18 heavy (non-hydrogen) atoms. The van der Waals surface area contributed by atoms with Gasteiger partial charge in [0.1, 0.15) is 0 Å². The van der Waals surface area contributed by atoms with E-state index >= 15 is 0 Å². The third kappa shape index (κ3) is 3.32. The quantitative estimate of drug-likeness (QED) is 0.867. The first-order chi connectivity index (χ1) is 8.47. The fourth-order valence-corrected chi connectivity index (χ4v) is 4.20. The van der Waals surface area contributed by atoms with Crippen molar-refractivity contribution < 1.29 is 8.42 Å². The van der Waals surface area contributed by atoms with Gasteiger partial charge in [-0.2, -0.15) is 4.31 Å². The van der Waals surface area contributed by atoms with Crippen molar-refractivity contribution in [3.05, 3.63) is 28.2 Å². The van der Waals surface area contributed by atoms with E-state index < -0.39 is 10.0 Å². The molecule has 6 heteroatoms. The Bertz CT molecular complexity index is 499. The molecule has 0 aliphatic rings. The highest BCUT2D eigenvalue weighted by Gasteiger charge is 2.24. The lowest BCUT2D eigenvalue weighted by Crippen LogP contribution is -2.31. The lowest BCUT2D eigenvalue weighted by molar-refractivity contribution is 0.445. The third-order valence-electron chi connectivity index (χ3n) is 2.70. The van der Waals surface area contributed by atoms with Crippen LogP contribution >= 0.6 is 15.9 Å². The van der Waals surface area contributed by atoms with Crippen molar-refractivity contribution in [2.75, 3.05) is 20.1 Å². The minimum absolute atomic E-state index is 0.332. The molecule has 1 aromatic carbocycles. The molecule has 0 unspecified atom stereocenters. The molecule has 0 spiro atoms. The Labute approximate surface area is 118 Å². The normalized spacial score (nSPS) is 12.1. The van der Waals surface area contributed by atoms with Crippen molar-refractivity contribution in [1.29, 1.82) is 0 Å². The van der Waals surface area contributed by atoms with E-state index in [0.717, 1.165) is 5.56 Å². The van der Waals surface area contributed by atoms with E-state index in [-0.39, 0.29) is 0 Å². The molecule has 0 saturated carbocycles. The van der Waals surface area contributed by atoms with Crippen LogP contribution in [0.3, 0.4) is 0 Å². The summed E-state index contributed by atoms with van der Waals surface area (Å²) in [6.07, 6.45) is 0. The van der Waals surface area contributed by atoms with Crippen LogP contribution in [-0.4, -0.2) is 32.9 Å². The summed E-state index contributed by atoms with van der Waals surface area (Å²) in [6.45, 7) is 5.27. The topological polar surface area (TPSA) is 49.4 Å². The van der Waals surface area contributed by atoms with Crippen LogP contribution in [0.15, 0.2) is 27.6 Å². The van der Waals surface area contributed by atoms with Crippen molar-refractivity contribution >= 4 is 26.0 Å². The zero-order chi connectivity index (χ0) is 13.8. The van der Waals surface area contributed by atoms with Gasteiger partial charge < -0.3 is 5.32 Å². The first kappa shape index (κ1) is 15.6. The highest BCUT2D eigenvalue weighted by molar-refractivity contribution is 9.10. The number of rotatable bonds is 6. The second-order valence-electron chi connectivity index (χ2n) is 3.88. The molecule has 0 heterocycles. The number of sulfonamides is 1. The summed E-state index contributed by atoms with van der Waals surface area (Å²) in [7, 11) is -1.58. The molecule has 102 valence electrons. The molecule has 0 radical (unpaired) electrons. The van der Waals surface area contributed by atoms with Gasteiger partial charge in [0.15, 0.2) is 0 Å². The van der Waals surface area contributed by atoms with Crippen molar-refractivity contribution in [3.63, 3.8) is 0 Å². The van der Waals surface area contributed by atoms with Gasteiger partial charge in [0.25, 0.3) is 0 Å². The summed E-state index contributed by atoms with van der Waals surface area (Å²) >= 11 is 3.32. The first-order valence-electron chi connectivity index (χ1n) is 5.90. The predicted octanol–water partition coefficient (Wildman–Crippen LogP) is 2.20. The summed E-state index contributed by atoms with van der Waals surface area (Å²) in [6, 6.07) is 5.40. The van der Waals surface area contributed by atoms with Crippen LogP contribution in [0.1, 0.15) is 19.4 Å². The van der Waals surface area contributed by atoms with Gasteiger partial charge in [-0.3, -0.25) is 0 Å². The largest absolute Gasteiger partial charge is 0.316 e. The maximum Gasteiger partial charge on any atom is 0.244 e. The average molecular weight is 335 g/mol. The van der Waals surface area contributed by atoms with Crippen molar-refractivity contribution in [2.45, 2.75) is 25.3 Å². The number of nitrogens with zero attached hydrogens (tertiary/aromatic N) is 1. The first-order valence-corrected chi connectivity index (χ1v) is 8.13. The molecule has 0 aromatic heterocycles. The summed E-state index contributed by atoms with van der Waals surface area (Å²) in [4.78, 5) is 0.332. The molecule has 0 fully saturated rings. The number of hydrogen-bond donors (Lipinski definition) is 1. The molecule has 0 atom stereocenters. The predicted molar refractivity (Wildman–Crippen MR) is 77.0 cm³/mol. The van der Waals surface area contributed by atoms with Gasteiger partial charge in [-0.25, -0.2) is 8.42 Å². The van der Waals surface area contributed by atoms with E-state index in [1.165, 1.54) is 4.31 Å². The van der Waals surface area contributed by atoms with E-state index in [0.29, 0.717) is 29.0 Å². The standard InChI is InChI=1S/C12H19BrN2O2S/c1-4-15(5-2)18(16,17)12-8-10(9-14-3)6-7-11(12)13/h6-8,14H,4-5,9H2,1-3H3. The molecule has 0 saturated heterocycles. The summed E-state index contributed by atoms with van der Waals surface area (Å²) in [5.41, 5.74) is 0.950. The Hall–Kier alpha value is -0.430. The van der Waals surface area contributed by atoms with Crippen LogP contribution in [0.25, 0.3) is 0 Å². The molecule has 1 N–H and O–H groups in total. The Balaban J connectivity index is 3.26. The Morgan fingerprint density at radius 3 is 2.39 bits per heavy atom. The number of nitrogens with one attached hydrogen (secondary N) is 1. The Morgan fingerprint density at radius 2 is 1.89 bits per heavy atom. The molecule has 1 rings (SSSR count). The molecular weight excluding hydrogens is 316 g/mol. The third-order valence-corrected chi connectivity index (χ3v) is 5.74. The van der Waals surface area contributed by atoms with Crippen molar-refractivity contribution in [2.24, 2.45) is 0 Å². The summed E-state index contributed by atoms with van der Waals surface area (Å²) in [5, 5.41) is 3.02. The van der Waals surface area contributed by atoms with E-state index in [1.807, 2.05) is 27.0 Å². The maximum absolute atomic E-state index is 12.4. The average Bonchev–Trinajstić information content (AvgIpc) is 2.33. The second-order valence-corrected chi connectivity index (χ2v) is 6.65. The van der Waals surface area contributed by atoms with E-state index in [1.54, 1.807) is 12.1 Å². The molecule has 0 bridgehead atoms. The lowest BCUT2D eigenvalue weighted by atomic mass is 10.2. The molecular formula is C12H19BrN2O2S. The van der Waals surface area contributed by atoms with Crippen LogP contribution in [0.4, 0.5) is 0 Å². The molecule has 0 aliphatic heterocycles. The van der Waals surface area contributed by atoms with Crippen LogP contribution in [0.5, 0.6) is 0 Å². The zero-order valence-corrected chi connectivity index (χ0v) is 13.3. The van der Waals surface area contributed by atoms with Gasteiger partial charge in [-0.05, 0) is 40.7 Å². The smallest absolute Gasteiger partial charge is 0.244 e. The van der Waals surface area contributed by atoms with Gasteiger partial charge >= 0.3 is 0 Å². The van der Waals surface area contributed by atoms with E-state index in [2.05, 4.69) is 21.2 Å². The van der Waals surface area contributed by atoms with Gasteiger partial charge in [0, 0.05) is 24.1 Å². The van der Waals surface area contributed by atoms with E-state index in [9.17, 15) is 8.42 Å². The number of hydrogen-bond acceptors (Lipinski definition) is 3. The Morgan fingerprint density at radius 1 is 1.28 bits per heavy atom. The number of benzene rings is 1. The van der Waals surface area contributed by atoms with Crippen LogP contribution < -0.4 is 5.32 Å². The van der Waals surface area contributed by atoms with Gasteiger partial charge in [0.2, 0.25) is 10.0 Å². The molecule has 0 aliphatic carbocycles. The van der Waals surface area contributed by atoms with E-state index in [4.69, 9.17) is 0 Å². The molecule has 1 aromatic rings. The summed E-state index contributed by atoms with van der Waals surface area (Å²) in [5.74, 6) is 0. The number of halogens is 1. The highest BCUT2D eigenvalue weighted by Crippen LogP contribution is 2.26. The van der Waals surface area contributed by atoms with Crippen molar-refractivity contribution in [1.82, 2.24) is 9.62 Å². The van der Waals surface area contributed by atoms with Crippen LogP contribution in [0.2, 0.25) is 0 Å². The SMILES string of the molecule is CCN(CC)S(=O)(=O)c1cc(CNC)ccc1Br. The van der Waals surface area contributed by atoms with Crippen LogP contribution in [-0.2, 0) is 16.6 Å². The minimum Gasteiger partial charge on any atom is -0.316 e. The monoisotopic (exact) mass is 334 g/mol. The lowest BCUT2D eigenvalue weighted by Gasteiger charge is -2.19. The molecule has 4 nitrogen and oxygen atoms in total. The van der Waals surface area contributed by atoms with Gasteiger partial charge in [-0.15, -0.1) is 0 Å². The molecule has 0 amide bonds. The Kier molecular flexibility index (Phi) is 5.78. The second kappa shape index (κ2) is 6.65. The fourth-order valence-electron chi connectivity index (χ4n) is 1.76. The minimum atomic E-state index is -3.41. The maximum atomic E-state index is 12.4. The van der Waals surface area contributed by atoms with Gasteiger partial charge in [0.05, 0.1) is 4.90 Å².